The van der Waals surface area contributed by atoms with E-state index in [1.165, 1.54) is 0 Å². The van der Waals surface area contributed by atoms with Crippen LogP contribution >= 0.6 is 0 Å². The van der Waals surface area contributed by atoms with E-state index in [1.807, 2.05) is 73.7 Å². The minimum absolute atomic E-state index is 0.0256. The molecule has 1 aliphatic heterocycles. The normalized spacial score (nSPS) is 16.0. The van der Waals surface area contributed by atoms with E-state index in [0.29, 0.717) is 18.0 Å². The number of para-hydroxylation sites is 1. The third-order valence-electron chi connectivity index (χ3n) is 4.91. The van der Waals surface area contributed by atoms with Crippen molar-refractivity contribution in [3.8, 4) is 11.5 Å². The molecule has 0 saturated carbocycles. The highest BCUT2D eigenvalue weighted by atomic mass is 16.5. The summed E-state index contributed by atoms with van der Waals surface area (Å²) in [6, 6.07) is 24.5. The summed E-state index contributed by atoms with van der Waals surface area (Å²) in [6.07, 6.45) is 0.217. The third kappa shape index (κ3) is 4.46. The first-order valence-electron chi connectivity index (χ1n) is 9.59. The lowest BCUT2D eigenvalue weighted by molar-refractivity contribution is -0.122. The standard InChI is InChI=1S/C24H22N2O3/c1-17-6-5-7-20(14-17)26-16-18(15-23(26)27)24(28)25-19-10-12-22(13-11-19)29-21-8-3-2-4-9-21/h2-14,18H,15-16H2,1H3,(H,25,28)/t18-/m1/s1. The number of anilines is 2. The topological polar surface area (TPSA) is 58.6 Å². The number of carbonyl (C=O) groups is 2. The van der Waals surface area contributed by atoms with Crippen LogP contribution in [0.15, 0.2) is 78.9 Å². The molecule has 1 fully saturated rings. The molecular formula is C24H22N2O3. The molecule has 0 unspecified atom stereocenters. The van der Waals surface area contributed by atoms with E-state index >= 15 is 0 Å². The summed E-state index contributed by atoms with van der Waals surface area (Å²) in [4.78, 5) is 26.7. The highest BCUT2D eigenvalue weighted by molar-refractivity contribution is 6.03. The van der Waals surface area contributed by atoms with Crippen LogP contribution in [0, 0.1) is 12.8 Å². The zero-order valence-electron chi connectivity index (χ0n) is 16.2. The first-order chi connectivity index (χ1) is 14.1. The number of hydrogen-bond donors (Lipinski definition) is 1. The first kappa shape index (κ1) is 18.7. The van der Waals surface area contributed by atoms with Gasteiger partial charge in [-0.3, -0.25) is 9.59 Å². The van der Waals surface area contributed by atoms with Crippen LogP contribution in [0.1, 0.15) is 12.0 Å². The van der Waals surface area contributed by atoms with Crippen LogP contribution in [0.25, 0.3) is 0 Å². The van der Waals surface area contributed by atoms with Crippen molar-refractivity contribution in [3.05, 3.63) is 84.4 Å². The quantitative estimate of drug-likeness (QED) is 0.687. The maximum absolute atomic E-state index is 12.7. The van der Waals surface area contributed by atoms with Crippen LogP contribution in [-0.4, -0.2) is 18.4 Å². The fourth-order valence-corrected chi connectivity index (χ4v) is 3.40. The number of nitrogens with zero attached hydrogens (tertiary/aromatic N) is 1. The van der Waals surface area contributed by atoms with E-state index in [-0.39, 0.29) is 24.2 Å². The number of carbonyl (C=O) groups excluding carboxylic acids is 2. The number of amides is 2. The number of nitrogens with one attached hydrogen (secondary N) is 1. The molecule has 29 heavy (non-hydrogen) atoms. The monoisotopic (exact) mass is 386 g/mol. The van der Waals surface area contributed by atoms with Crippen LogP contribution in [0.4, 0.5) is 11.4 Å². The zero-order chi connectivity index (χ0) is 20.2. The Hall–Kier alpha value is -3.60. The van der Waals surface area contributed by atoms with Crippen molar-refractivity contribution < 1.29 is 14.3 Å². The molecule has 1 saturated heterocycles. The molecule has 1 heterocycles. The summed E-state index contributed by atoms with van der Waals surface area (Å²) >= 11 is 0. The second kappa shape index (κ2) is 8.19. The van der Waals surface area contributed by atoms with Gasteiger partial charge in [-0.15, -0.1) is 0 Å². The van der Waals surface area contributed by atoms with Gasteiger partial charge in [-0.05, 0) is 61.0 Å². The van der Waals surface area contributed by atoms with Gasteiger partial charge in [0.25, 0.3) is 0 Å². The average Bonchev–Trinajstić information content (AvgIpc) is 3.12. The third-order valence-corrected chi connectivity index (χ3v) is 4.91. The van der Waals surface area contributed by atoms with Gasteiger partial charge in [0.05, 0.1) is 5.92 Å². The van der Waals surface area contributed by atoms with E-state index < -0.39 is 0 Å². The van der Waals surface area contributed by atoms with Crippen LogP contribution < -0.4 is 15.0 Å². The Bertz CT molecular complexity index is 1020. The van der Waals surface area contributed by atoms with Crippen LogP contribution in [-0.2, 0) is 9.59 Å². The highest BCUT2D eigenvalue weighted by Gasteiger charge is 2.35. The number of hydrogen-bond acceptors (Lipinski definition) is 3. The predicted molar refractivity (Wildman–Crippen MR) is 113 cm³/mol. The maximum Gasteiger partial charge on any atom is 0.229 e. The largest absolute Gasteiger partial charge is 0.457 e. The number of aryl methyl sites for hydroxylation is 1. The van der Waals surface area contributed by atoms with Crippen molar-refractivity contribution >= 4 is 23.2 Å². The van der Waals surface area contributed by atoms with Crippen molar-refractivity contribution in [2.24, 2.45) is 5.92 Å². The van der Waals surface area contributed by atoms with Crippen molar-refractivity contribution in [1.82, 2.24) is 0 Å². The Morgan fingerprint density at radius 2 is 1.69 bits per heavy atom. The zero-order valence-corrected chi connectivity index (χ0v) is 16.2. The molecule has 3 aromatic rings. The second-order valence-electron chi connectivity index (χ2n) is 7.17. The summed E-state index contributed by atoms with van der Waals surface area (Å²) in [5.74, 6) is 0.900. The van der Waals surface area contributed by atoms with Crippen LogP contribution in [0.3, 0.4) is 0 Å². The van der Waals surface area contributed by atoms with E-state index in [0.717, 1.165) is 17.0 Å². The molecule has 0 aromatic heterocycles. The van der Waals surface area contributed by atoms with Gasteiger partial charge in [0.15, 0.2) is 0 Å². The Kier molecular flexibility index (Phi) is 5.29. The Morgan fingerprint density at radius 3 is 2.41 bits per heavy atom. The predicted octanol–water partition coefficient (Wildman–Crippen LogP) is 4.78. The Morgan fingerprint density at radius 1 is 0.966 bits per heavy atom. The van der Waals surface area contributed by atoms with Crippen molar-refractivity contribution in [2.45, 2.75) is 13.3 Å². The van der Waals surface area contributed by atoms with E-state index in [1.54, 1.807) is 17.0 Å². The highest BCUT2D eigenvalue weighted by Crippen LogP contribution is 2.27. The Balaban J connectivity index is 1.37. The molecule has 5 nitrogen and oxygen atoms in total. The molecule has 1 aliphatic rings. The molecule has 1 N–H and O–H groups in total. The molecule has 1 atom stereocenters. The first-order valence-corrected chi connectivity index (χ1v) is 9.59. The fraction of sp³-hybridized carbons (Fsp3) is 0.167. The van der Waals surface area contributed by atoms with Gasteiger partial charge < -0.3 is 15.0 Å². The summed E-state index contributed by atoms with van der Waals surface area (Å²) in [5, 5.41) is 2.91. The molecule has 0 aliphatic carbocycles. The number of rotatable bonds is 5. The Labute approximate surface area is 169 Å². The molecule has 2 amide bonds. The molecule has 0 radical (unpaired) electrons. The van der Waals surface area contributed by atoms with Crippen LogP contribution in [0.2, 0.25) is 0 Å². The second-order valence-corrected chi connectivity index (χ2v) is 7.17. The molecule has 0 bridgehead atoms. The maximum atomic E-state index is 12.7. The summed E-state index contributed by atoms with van der Waals surface area (Å²) in [7, 11) is 0. The fourth-order valence-electron chi connectivity index (χ4n) is 3.40. The minimum Gasteiger partial charge on any atom is -0.457 e. The van der Waals surface area contributed by atoms with Crippen LogP contribution in [0.5, 0.6) is 11.5 Å². The molecule has 4 rings (SSSR count). The molecule has 0 spiro atoms. The van der Waals surface area contributed by atoms with Gasteiger partial charge in [0, 0.05) is 24.3 Å². The van der Waals surface area contributed by atoms with Crippen molar-refractivity contribution in [3.63, 3.8) is 0 Å². The smallest absolute Gasteiger partial charge is 0.229 e. The molecule has 5 heteroatoms. The summed E-state index contributed by atoms with van der Waals surface area (Å²) in [5.41, 5.74) is 2.60. The van der Waals surface area contributed by atoms with E-state index in [2.05, 4.69) is 5.32 Å². The summed E-state index contributed by atoms with van der Waals surface area (Å²) in [6.45, 7) is 2.38. The molecular weight excluding hydrogens is 364 g/mol. The average molecular weight is 386 g/mol. The SMILES string of the molecule is Cc1cccc(N2C[C@H](C(=O)Nc3ccc(Oc4ccccc4)cc3)CC2=O)c1. The van der Waals surface area contributed by atoms with Crippen molar-refractivity contribution in [2.75, 3.05) is 16.8 Å². The number of benzene rings is 3. The molecule has 3 aromatic carbocycles. The van der Waals surface area contributed by atoms with E-state index in [4.69, 9.17) is 4.74 Å². The lowest BCUT2D eigenvalue weighted by Gasteiger charge is -2.17. The minimum atomic E-state index is -0.372. The van der Waals surface area contributed by atoms with Gasteiger partial charge in [-0.2, -0.15) is 0 Å². The lowest BCUT2D eigenvalue weighted by Crippen LogP contribution is -2.28. The van der Waals surface area contributed by atoms with Gasteiger partial charge in [-0.1, -0.05) is 30.3 Å². The lowest BCUT2D eigenvalue weighted by atomic mass is 10.1. The van der Waals surface area contributed by atoms with Gasteiger partial charge in [0.2, 0.25) is 11.8 Å². The summed E-state index contributed by atoms with van der Waals surface area (Å²) < 4.78 is 5.76. The van der Waals surface area contributed by atoms with Crippen molar-refractivity contribution in [1.29, 1.82) is 0 Å². The van der Waals surface area contributed by atoms with Gasteiger partial charge in [0.1, 0.15) is 11.5 Å². The van der Waals surface area contributed by atoms with E-state index in [9.17, 15) is 9.59 Å². The number of ether oxygens (including phenoxy) is 1. The molecule has 146 valence electrons. The van der Waals surface area contributed by atoms with Gasteiger partial charge in [-0.25, -0.2) is 0 Å². The van der Waals surface area contributed by atoms with Gasteiger partial charge >= 0.3 is 0 Å².